The van der Waals surface area contributed by atoms with Gasteiger partial charge in [-0.25, -0.2) is 4.72 Å². The van der Waals surface area contributed by atoms with Gasteiger partial charge in [0.15, 0.2) is 0 Å². The molecule has 5 nitrogen and oxygen atoms in total. The molecular formula is C7H17N3O2S. The lowest BCUT2D eigenvalue weighted by atomic mass is 9.99. The van der Waals surface area contributed by atoms with Crippen molar-refractivity contribution in [3.05, 3.63) is 0 Å². The minimum absolute atomic E-state index is 0.233. The molecule has 1 aliphatic rings. The van der Waals surface area contributed by atoms with E-state index in [9.17, 15) is 8.42 Å². The fourth-order valence-corrected chi connectivity index (χ4v) is 2.70. The Morgan fingerprint density at radius 2 is 2.15 bits per heavy atom. The Morgan fingerprint density at radius 3 is 2.69 bits per heavy atom. The molecule has 0 spiro atoms. The van der Waals surface area contributed by atoms with Gasteiger partial charge in [-0.15, -0.1) is 0 Å². The molecule has 13 heavy (non-hydrogen) atoms. The number of rotatable bonds is 2. The summed E-state index contributed by atoms with van der Waals surface area (Å²) in [6.07, 6.45) is 1.50. The van der Waals surface area contributed by atoms with Crippen molar-refractivity contribution in [3.8, 4) is 0 Å². The average molecular weight is 207 g/mol. The zero-order chi connectivity index (χ0) is 10.1. The highest BCUT2D eigenvalue weighted by Crippen LogP contribution is 2.21. The highest BCUT2D eigenvalue weighted by molar-refractivity contribution is 7.87. The molecule has 2 unspecified atom stereocenters. The molecule has 1 heterocycles. The number of nitrogens with zero attached hydrogens (tertiary/aromatic N) is 1. The molecule has 0 aliphatic carbocycles. The zero-order valence-corrected chi connectivity index (χ0v) is 8.84. The molecule has 0 bridgehead atoms. The van der Waals surface area contributed by atoms with Gasteiger partial charge in [0, 0.05) is 13.6 Å². The molecule has 2 atom stereocenters. The van der Waals surface area contributed by atoms with Crippen LogP contribution in [0.25, 0.3) is 0 Å². The van der Waals surface area contributed by atoms with Gasteiger partial charge in [0.25, 0.3) is 10.2 Å². The predicted octanol–water partition coefficient (Wildman–Crippen LogP) is -0.533. The first-order valence-corrected chi connectivity index (χ1v) is 5.89. The lowest BCUT2D eigenvalue weighted by Crippen LogP contribution is -2.55. The van der Waals surface area contributed by atoms with Crippen LogP contribution in [0.15, 0.2) is 0 Å². The summed E-state index contributed by atoms with van der Waals surface area (Å²) in [5.41, 5.74) is 5.79. The van der Waals surface area contributed by atoms with Crippen LogP contribution < -0.4 is 10.5 Å². The number of piperidine rings is 1. The van der Waals surface area contributed by atoms with Crippen LogP contribution >= 0.6 is 0 Å². The first-order chi connectivity index (χ1) is 5.99. The summed E-state index contributed by atoms with van der Waals surface area (Å²) in [5.74, 6) is 0.233. The quantitative estimate of drug-likeness (QED) is 0.639. The smallest absolute Gasteiger partial charge is 0.280 e. The second-order valence-electron chi connectivity index (χ2n) is 3.43. The fraction of sp³-hybridized carbons (Fsp3) is 1.00. The van der Waals surface area contributed by atoms with Crippen molar-refractivity contribution in [1.29, 1.82) is 0 Å². The molecule has 0 amide bonds. The van der Waals surface area contributed by atoms with E-state index in [4.69, 9.17) is 5.73 Å². The molecule has 0 saturated carbocycles. The van der Waals surface area contributed by atoms with Crippen LogP contribution in [0.1, 0.15) is 19.8 Å². The van der Waals surface area contributed by atoms with Crippen LogP contribution in [-0.4, -0.2) is 32.5 Å². The number of nitrogens with one attached hydrogen (secondary N) is 1. The minimum atomic E-state index is -3.35. The monoisotopic (exact) mass is 207 g/mol. The van der Waals surface area contributed by atoms with E-state index < -0.39 is 10.2 Å². The van der Waals surface area contributed by atoms with Gasteiger partial charge in [0.1, 0.15) is 0 Å². The van der Waals surface area contributed by atoms with Crippen LogP contribution in [0, 0.1) is 5.92 Å². The Balaban J connectivity index is 2.80. The SMILES string of the molecule is CNS(=O)(=O)N1CCCC(C)C1N. The fourth-order valence-electron chi connectivity index (χ4n) is 1.57. The van der Waals surface area contributed by atoms with Gasteiger partial charge >= 0.3 is 0 Å². The molecule has 1 fully saturated rings. The maximum absolute atomic E-state index is 11.4. The van der Waals surface area contributed by atoms with E-state index in [2.05, 4.69) is 4.72 Å². The van der Waals surface area contributed by atoms with Crippen LogP contribution in [0.3, 0.4) is 0 Å². The third kappa shape index (κ3) is 2.19. The topological polar surface area (TPSA) is 75.4 Å². The summed E-state index contributed by atoms with van der Waals surface area (Å²) in [6.45, 7) is 2.50. The highest BCUT2D eigenvalue weighted by atomic mass is 32.2. The molecule has 0 aromatic carbocycles. The van der Waals surface area contributed by atoms with Crippen molar-refractivity contribution in [1.82, 2.24) is 9.03 Å². The number of nitrogens with two attached hydrogens (primary N) is 1. The largest absolute Gasteiger partial charge is 0.315 e. The van der Waals surface area contributed by atoms with E-state index in [0.717, 1.165) is 12.8 Å². The number of hydrogen-bond acceptors (Lipinski definition) is 3. The van der Waals surface area contributed by atoms with Crippen molar-refractivity contribution in [2.24, 2.45) is 11.7 Å². The third-order valence-electron chi connectivity index (χ3n) is 2.52. The predicted molar refractivity (Wildman–Crippen MR) is 51.1 cm³/mol. The normalized spacial score (nSPS) is 31.9. The third-order valence-corrected chi connectivity index (χ3v) is 4.08. The first-order valence-electron chi connectivity index (χ1n) is 4.45. The van der Waals surface area contributed by atoms with Crippen molar-refractivity contribution >= 4 is 10.2 Å². The average Bonchev–Trinajstić information content (AvgIpc) is 2.09. The van der Waals surface area contributed by atoms with Gasteiger partial charge in [-0.1, -0.05) is 6.92 Å². The summed E-state index contributed by atoms with van der Waals surface area (Å²) >= 11 is 0. The molecule has 1 rings (SSSR count). The Labute approximate surface area is 79.5 Å². The molecule has 1 aliphatic heterocycles. The second kappa shape index (κ2) is 3.91. The molecule has 6 heteroatoms. The lowest BCUT2D eigenvalue weighted by Gasteiger charge is -2.35. The molecule has 0 aromatic rings. The second-order valence-corrected chi connectivity index (χ2v) is 5.26. The maximum Gasteiger partial charge on any atom is 0.280 e. The van der Waals surface area contributed by atoms with E-state index in [-0.39, 0.29) is 12.1 Å². The summed E-state index contributed by atoms with van der Waals surface area (Å²) in [5, 5.41) is 0. The molecule has 0 aromatic heterocycles. The summed E-state index contributed by atoms with van der Waals surface area (Å²) in [4.78, 5) is 0. The van der Waals surface area contributed by atoms with Crippen LogP contribution in [0.4, 0.5) is 0 Å². The van der Waals surface area contributed by atoms with Crippen molar-refractivity contribution in [2.75, 3.05) is 13.6 Å². The Morgan fingerprint density at radius 1 is 1.54 bits per heavy atom. The van der Waals surface area contributed by atoms with Crippen molar-refractivity contribution in [2.45, 2.75) is 25.9 Å². The highest BCUT2D eigenvalue weighted by Gasteiger charge is 2.32. The first kappa shape index (κ1) is 10.9. The van der Waals surface area contributed by atoms with Gasteiger partial charge in [-0.2, -0.15) is 12.7 Å². The van der Waals surface area contributed by atoms with Gasteiger partial charge < -0.3 is 5.73 Å². The van der Waals surface area contributed by atoms with Gasteiger partial charge in [0.05, 0.1) is 6.17 Å². The molecule has 3 N–H and O–H groups in total. The molecule has 0 radical (unpaired) electrons. The zero-order valence-electron chi connectivity index (χ0n) is 8.03. The van der Waals surface area contributed by atoms with Crippen molar-refractivity contribution < 1.29 is 8.42 Å². The molecular weight excluding hydrogens is 190 g/mol. The minimum Gasteiger partial charge on any atom is -0.315 e. The van der Waals surface area contributed by atoms with Gasteiger partial charge in [-0.05, 0) is 18.8 Å². The van der Waals surface area contributed by atoms with Gasteiger partial charge in [-0.3, -0.25) is 0 Å². The van der Waals surface area contributed by atoms with E-state index in [1.165, 1.54) is 11.4 Å². The van der Waals surface area contributed by atoms with Gasteiger partial charge in [0.2, 0.25) is 0 Å². The standard InChI is InChI=1S/C7H17N3O2S/c1-6-4-3-5-10(7(6)8)13(11,12)9-2/h6-7,9H,3-5,8H2,1-2H3. The number of hydrogen-bond donors (Lipinski definition) is 2. The van der Waals surface area contributed by atoms with Crippen LogP contribution in [0.2, 0.25) is 0 Å². The maximum atomic E-state index is 11.4. The molecule has 1 saturated heterocycles. The van der Waals surface area contributed by atoms with E-state index in [1.54, 1.807) is 0 Å². The van der Waals surface area contributed by atoms with Crippen LogP contribution in [-0.2, 0) is 10.2 Å². The van der Waals surface area contributed by atoms with Crippen molar-refractivity contribution in [3.63, 3.8) is 0 Å². The van der Waals surface area contributed by atoms with E-state index in [0.29, 0.717) is 6.54 Å². The Bertz CT molecular complexity index is 265. The lowest BCUT2D eigenvalue weighted by molar-refractivity contribution is 0.190. The Hall–Kier alpha value is -0.170. The summed E-state index contributed by atoms with van der Waals surface area (Å²) in [6, 6.07) is 0. The Kier molecular flexibility index (Phi) is 3.28. The van der Waals surface area contributed by atoms with Crippen LogP contribution in [0.5, 0.6) is 0 Å². The summed E-state index contributed by atoms with van der Waals surface area (Å²) < 4.78 is 26.5. The van der Waals surface area contributed by atoms with E-state index >= 15 is 0 Å². The summed E-state index contributed by atoms with van der Waals surface area (Å²) in [7, 11) is -1.94. The van der Waals surface area contributed by atoms with E-state index in [1.807, 2.05) is 6.92 Å². The molecule has 78 valence electrons.